The van der Waals surface area contributed by atoms with Gasteiger partial charge in [-0.15, -0.1) is 12.4 Å². The molecule has 0 saturated carbocycles. The molecule has 0 aromatic heterocycles. The fourth-order valence-corrected chi connectivity index (χ4v) is 1.74. The minimum Gasteiger partial charge on any atom is -0.366 e. The van der Waals surface area contributed by atoms with E-state index in [0.717, 1.165) is 25.2 Å². The Labute approximate surface area is 116 Å². The van der Waals surface area contributed by atoms with Crippen molar-refractivity contribution in [3.63, 3.8) is 0 Å². The van der Waals surface area contributed by atoms with Crippen LogP contribution in [0.4, 0.5) is 5.69 Å². The summed E-state index contributed by atoms with van der Waals surface area (Å²) in [6.45, 7) is 0.991. The zero-order valence-electron chi connectivity index (χ0n) is 10.2. The molecule has 0 radical (unpaired) electrons. The molecular weight excluding hydrogens is 270 g/mol. The summed E-state index contributed by atoms with van der Waals surface area (Å²) in [5, 5.41) is 13.5. The van der Waals surface area contributed by atoms with E-state index in [1.54, 1.807) is 0 Å². The number of Topliss-reactive ketones (excluding diaryl/α,β-unsaturated/α-hetero) is 1. The zero-order chi connectivity index (χ0) is 13.0. The second-order valence-electron chi connectivity index (χ2n) is 4.01. The number of aliphatic imine (C=N–C) groups is 1. The minimum atomic E-state index is -0.486. The summed E-state index contributed by atoms with van der Waals surface area (Å²) in [6, 6.07) is 5.61. The van der Waals surface area contributed by atoms with Crippen LogP contribution in [0.1, 0.15) is 23.2 Å². The Kier molecular flexibility index (Phi) is 5.44. The summed E-state index contributed by atoms with van der Waals surface area (Å²) in [7, 11) is 0. The van der Waals surface area contributed by atoms with Gasteiger partial charge in [-0.05, 0) is 18.6 Å². The predicted molar refractivity (Wildman–Crippen MR) is 74.2 cm³/mol. The van der Waals surface area contributed by atoms with Gasteiger partial charge in [-0.1, -0.05) is 0 Å². The SMILES string of the molecule is Cl.O=C(CNC1=NCCC1)c1ccc([N+](=O)[O-])cc1. The molecule has 0 fully saturated rings. The topological polar surface area (TPSA) is 84.6 Å². The maximum atomic E-state index is 11.8. The standard InChI is InChI=1S/C12H13N3O3.ClH/c16-11(8-14-12-2-1-7-13-12)9-3-5-10(6-4-9)15(17)18;/h3-6H,1-2,7-8H2,(H,13,14);1H. The molecule has 0 aliphatic carbocycles. The van der Waals surface area contributed by atoms with Crippen molar-refractivity contribution < 1.29 is 9.72 Å². The van der Waals surface area contributed by atoms with Gasteiger partial charge >= 0.3 is 0 Å². The molecule has 0 unspecified atom stereocenters. The van der Waals surface area contributed by atoms with Crippen LogP contribution in [0, 0.1) is 10.1 Å². The maximum absolute atomic E-state index is 11.8. The van der Waals surface area contributed by atoms with Gasteiger partial charge in [0.15, 0.2) is 5.78 Å². The average Bonchev–Trinajstić information content (AvgIpc) is 2.89. The van der Waals surface area contributed by atoms with Gasteiger partial charge in [-0.3, -0.25) is 19.9 Å². The third kappa shape index (κ3) is 4.03. The number of nitrogens with one attached hydrogen (secondary N) is 1. The van der Waals surface area contributed by atoms with E-state index >= 15 is 0 Å². The molecule has 1 N–H and O–H groups in total. The van der Waals surface area contributed by atoms with E-state index in [1.807, 2.05) is 0 Å². The number of hydrogen-bond donors (Lipinski definition) is 1. The van der Waals surface area contributed by atoms with E-state index in [4.69, 9.17) is 0 Å². The lowest BCUT2D eigenvalue weighted by atomic mass is 10.1. The van der Waals surface area contributed by atoms with Crippen molar-refractivity contribution in [2.45, 2.75) is 12.8 Å². The van der Waals surface area contributed by atoms with Crippen LogP contribution in [-0.2, 0) is 0 Å². The third-order valence-electron chi connectivity index (χ3n) is 2.73. The minimum absolute atomic E-state index is 0. The molecule has 0 atom stereocenters. The average molecular weight is 284 g/mol. The van der Waals surface area contributed by atoms with Gasteiger partial charge < -0.3 is 5.32 Å². The first-order valence-corrected chi connectivity index (χ1v) is 5.71. The van der Waals surface area contributed by atoms with E-state index in [1.165, 1.54) is 24.3 Å². The predicted octanol–water partition coefficient (Wildman–Crippen LogP) is 1.98. The molecule has 6 nitrogen and oxygen atoms in total. The molecule has 1 aromatic rings. The second-order valence-corrected chi connectivity index (χ2v) is 4.01. The number of ketones is 1. The number of amidine groups is 1. The van der Waals surface area contributed by atoms with Crippen molar-refractivity contribution >= 4 is 29.7 Å². The number of nitrogens with zero attached hydrogens (tertiary/aromatic N) is 2. The number of carbonyl (C=O) groups is 1. The van der Waals surface area contributed by atoms with Crippen LogP contribution in [-0.4, -0.2) is 29.6 Å². The van der Waals surface area contributed by atoms with Crippen LogP contribution in [0.25, 0.3) is 0 Å². The van der Waals surface area contributed by atoms with Crippen molar-refractivity contribution in [3.05, 3.63) is 39.9 Å². The van der Waals surface area contributed by atoms with E-state index in [-0.39, 0.29) is 30.4 Å². The van der Waals surface area contributed by atoms with E-state index in [9.17, 15) is 14.9 Å². The Hall–Kier alpha value is -1.95. The van der Waals surface area contributed by atoms with Gasteiger partial charge in [-0.25, -0.2) is 0 Å². The molecule has 0 saturated heterocycles. The first kappa shape index (κ1) is 15.1. The molecule has 0 spiro atoms. The highest BCUT2D eigenvalue weighted by atomic mass is 35.5. The highest BCUT2D eigenvalue weighted by Crippen LogP contribution is 2.12. The van der Waals surface area contributed by atoms with Gasteiger partial charge in [-0.2, -0.15) is 0 Å². The van der Waals surface area contributed by atoms with E-state index in [0.29, 0.717) is 5.56 Å². The van der Waals surface area contributed by atoms with Crippen LogP contribution < -0.4 is 5.32 Å². The Morgan fingerprint density at radius 1 is 1.37 bits per heavy atom. The lowest BCUT2D eigenvalue weighted by molar-refractivity contribution is -0.384. The van der Waals surface area contributed by atoms with Crippen molar-refractivity contribution in [2.75, 3.05) is 13.1 Å². The van der Waals surface area contributed by atoms with Crippen molar-refractivity contribution in [1.29, 1.82) is 0 Å². The largest absolute Gasteiger partial charge is 0.366 e. The Bertz CT molecular complexity index is 499. The maximum Gasteiger partial charge on any atom is 0.269 e. The molecule has 1 heterocycles. The zero-order valence-corrected chi connectivity index (χ0v) is 11.0. The first-order valence-electron chi connectivity index (χ1n) is 5.71. The van der Waals surface area contributed by atoms with Crippen LogP contribution in [0.15, 0.2) is 29.3 Å². The summed E-state index contributed by atoms with van der Waals surface area (Å²) in [5.74, 6) is 0.768. The summed E-state index contributed by atoms with van der Waals surface area (Å²) < 4.78 is 0. The Morgan fingerprint density at radius 2 is 2.05 bits per heavy atom. The Morgan fingerprint density at radius 3 is 2.58 bits per heavy atom. The normalized spacial score (nSPS) is 13.4. The quantitative estimate of drug-likeness (QED) is 0.520. The molecule has 102 valence electrons. The fraction of sp³-hybridized carbons (Fsp3) is 0.333. The number of nitro groups is 1. The number of hydrogen-bond acceptors (Lipinski definition) is 5. The van der Waals surface area contributed by atoms with Crippen molar-refractivity contribution in [3.8, 4) is 0 Å². The van der Waals surface area contributed by atoms with Gasteiger partial charge in [0.05, 0.1) is 17.3 Å². The number of rotatable bonds is 4. The van der Waals surface area contributed by atoms with E-state index in [2.05, 4.69) is 10.3 Å². The van der Waals surface area contributed by atoms with Gasteiger partial charge in [0, 0.05) is 30.7 Å². The number of halogens is 1. The number of benzene rings is 1. The van der Waals surface area contributed by atoms with Gasteiger partial charge in [0.2, 0.25) is 0 Å². The Balaban J connectivity index is 0.00000180. The molecule has 7 heteroatoms. The molecular formula is C12H14ClN3O3. The van der Waals surface area contributed by atoms with E-state index < -0.39 is 4.92 Å². The number of nitro benzene ring substituents is 1. The molecule has 1 aliphatic heterocycles. The molecule has 2 rings (SSSR count). The third-order valence-corrected chi connectivity index (χ3v) is 2.73. The lowest BCUT2D eigenvalue weighted by Gasteiger charge is -2.04. The molecule has 1 aliphatic rings. The fourth-order valence-electron chi connectivity index (χ4n) is 1.74. The monoisotopic (exact) mass is 283 g/mol. The summed E-state index contributed by atoms with van der Waals surface area (Å²) >= 11 is 0. The van der Waals surface area contributed by atoms with Gasteiger partial charge in [0.25, 0.3) is 5.69 Å². The number of non-ortho nitro benzene ring substituents is 1. The van der Waals surface area contributed by atoms with Crippen LogP contribution in [0.5, 0.6) is 0 Å². The molecule has 1 aromatic carbocycles. The van der Waals surface area contributed by atoms with Crippen LogP contribution in [0.2, 0.25) is 0 Å². The van der Waals surface area contributed by atoms with Crippen molar-refractivity contribution in [1.82, 2.24) is 5.32 Å². The smallest absolute Gasteiger partial charge is 0.269 e. The summed E-state index contributed by atoms with van der Waals surface area (Å²) in [6.07, 6.45) is 1.90. The van der Waals surface area contributed by atoms with Gasteiger partial charge in [0.1, 0.15) is 0 Å². The summed E-state index contributed by atoms with van der Waals surface area (Å²) in [5.41, 5.74) is 0.450. The molecule has 0 amide bonds. The highest BCUT2D eigenvalue weighted by molar-refractivity contribution is 6.00. The molecule has 0 bridgehead atoms. The van der Waals surface area contributed by atoms with Crippen molar-refractivity contribution in [2.24, 2.45) is 4.99 Å². The second kappa shape index (κ2) is 6.84. The highest BCUT2D eigenvalue weighted by Gasteiger charge is 2.11. The number of carbonyl (C=O) groups excluding carboxylic acids is 1. The van der Waals surface area contributed by atoms with Crippen LogP contribution >= 0.6 is 12.4 Å². The first-order chi connectivity index (χ1) is 8.66. The molecule has 19 heavy (non-hydrogen) atoms. The lowest BCUT2D eigenvalue weighted by Crippen LogP contribution is -2.28. The van der Waals surface area contributed by atoms with Crippen LogP contribution in [0.3, 0.4) is 0 Å². The summed E-state index contributed by atoms with van der Waals surface area (Å²) in [4.78, 5) is 26.0.